The Hall–Kier alpha value is -0.490. The van der Waals surface area contributed by atoms with Gasteiger partial charge in [-0.05, 0) is 26.4 Å². The number of ether oxygens (including phenoxy) is 1. The molecule has 1 aromatic heterocycles. The summed E-state index contributed by atoms with van der Waals surface area (Å²) >= 11 is 1.72. The van der Waals surface area contributed by atoms with Crippen LogP contribution in [-0.4, -0.2) is 49.3 Å². The second-order valence-electron chi connectivity index (χ2n) is 4.34. The predicted molar refractivity (Wildman–Crippen MR) is 70.4 cm³/mol. The van der Waals surface area contributed by atoms with E-state index in [2.05, 4.69) is 20.6 Å². The van der Waals surface area contributed by atoms with Crippen molar-refractivity contribution in [1.29, 1.82) is 0 Å². The first kappa shape index (κ1) is 13.0. The molecule has 2 heterocycles. The fraction of sp³-hybridized carbons (Fsp3) is 0.750. The van der Waals surface area contributed by atoms with E-state index in [4.69, 9.17) is 4.74 Å². The van der Waals surface area contributed by atoms with Crippen LogP contribution in [0.2, 0.25) is 0 Å². The first-order valence-electron chi connectivity index (χ1n) is 6.26. The van der Waals surface area contributed by atoms with Crippen molar-refractivity contribution in [2.45, 2.75) is 19.9 Å². The highest BCUT2D eigenvalue weighted by Gasteiger charge is 2.08. The summed E-state index contributed by atoms with van der Waals surface area (Å²) in [6.07, 6.45) is 1.20. The number of nitrogens with zero attached hydrogens (tertiary/aromatic N) is 2. The molecular formula is C12H21N3OS. The molecule has 17 heavy (non-hydrogen) atoms. The van der Waals surface area contributed by atoms with Crippen molar-refractivity contribution in [2.24, 2.45) is 0 Å². The molecule has 0 aliphatic carbocycles. The van der Waals surface area contributed by atoms with Crippen LogP contribution >= 0.6 is 11.3 Å². The van der Waals surface area contributed by atoms with E-state index in [0.717, 1.165) is 44.4 Å². The summed E-state index contributed by atoms with van der Waals surface area (Å²) in [7, 11) is 0. The largest absolute Gasteiger partial charge is 0.379 e. The van der Waals surface area contributed by atoms with Gasteiger partial charge in [0.15, 0.2) is 0 Å². The van der Waals surface area contributed by atoms with Gasteiger partial charge >= 0.3 is 0 Å². The van der Waals surface area contributed by atoms with Crippen LogP contribution in [0.3, 0.4) is 0 Å². The van der Waals surface area contributed by atoms with E-state index < -0.39 is 0 Å². The second-order valence-corrected chi connectivity index (χ2v) is 5.40. The minimum atomic E-state index is 0.894. The molecule has 0 unspecified atom stereocenters. The van der Waals surface area contributed by atoms with Gasteiger partial charge in [-0.3, -0.25) is 4.90 Å². The summed E-state index contributed by atoms with van der Waals surface area (Å²) in [5, 5.41) is 6.72. The molecule has 5 heteroatoms. The first-order chi connectivity index (χ1) is 8.34. The zero-order valence-electron chi connectivity index (χ0n) is 10.4. The minimum Gasteiger partial charge on any atom is -0.379 e. The van der Waals surface area contributed by atoms with E-state index >= 15 is 0 Å². The number of hydrogen-bond donors (Lipinski definition) is 1. The van der Waals surface area contributed by atoms with E-state index in [9.17, 15) is 0 Å². The van der Waals surface area contributed by atoms with Gasteiger partial charge in [-0.2, -0.15) is 0 Å². The minimum absolute atomic E-state index is 0.894. The van der Waals surface area contributed by atoms with Crippen molar-refractivity contribution in [3.8, 4) is 0 Å². The van der Waals surface area contributed by atoms with E-state index in [-0.39, 0.29) is 0 Å². The smallest absolute Gasteiger partial charge is 0.0897 e. The quantitative estimate of drug-likeness (QED) is 0.777. The maximum atomic E-state index is 5.32. The zero-order valence-corrected chi connectivity index (χ0v) is 11.3. The number of morpholine rings is 1. The molecule has 0 radical (unpaired) electrons. The van der Waals surface area contributed by atoms with Crippen molar-refractivity contribution < 1.29 is 4.74 Å². The van der Waals surface area contributed by atoms with Crippen molar-refractivity contribution in [3.63, 3.8) is 0 Å². The highest BCUT2D eigenvalue weighted by molar-refractivity contribution is 7.09. The molecule has 1 aromatic rings. The standard InChI is InChI=1S/C12H21N3OS/c1-11-14-12(10-17-11)9-13-3-2-4-15-5-7-16-8-6-15/h10,13H,2-9H2,1H3. The average Bonchev–Trinajstić information content (AvgIpc) is 2.76. The Morgan fingerprint density at radius 2 is 2.29 bits per heavy atom. The molecule has 1 saturated heterocycles. The van der Waals surface area contributed by atoms with Gasteiger partial charge in [0.2, 0.25) is 0 Å². The second kappa shape index (κ2) is 7.06. The molecule has 4 nitrogen and oxygen atoms in total. The lowest BCUT2D eigenvalue weighted by Gasteiger charge is -2.26. The van der Waals surface area contributed by atoms with Crippen LogP contribution in [0.1, 0.15) is 17.1 Å². The van der Waals surface area contributed by atoms with E-state index in [1.54, 1.807) is 11.3 Å². The van der Waals surface area contributed by atoms with Crippen LogP contribution < -0.4 is 5.32 Å². The van der Waals surface area contributed by atoms with Crippen LogP contribution in [-0.2, 0) is 11.3 Å². The van der Waals surface area contributed by atoms with Gasteiger partial charge in [0.25, 0.3) is 0 Å². The summed E-state index contributed by atoms with van der Waals surface area (Å²) in [6, 6.07) is 0. The normalized spacial score (nSPS) is 17.5. The molecule has 2 rings (SSSR count). The van der Waals surface area contributed by atoms with Gasteiger partial charge in [-0.1, -0.05) is 0 Å². The van der Waals surface area contributed by atoms with Gasteiger partial charge < -0.3 is 10.1 Å². The topological polar surface area (TPSA) is 37.4 Å². The molecule has 0 saturated carbocycles. The molecular weight excluding hydrogens is 234 g/mol. The van der Waals surface area contributed by atoms with Gasteiger partial charge in [0.05, 0.1) is 23.9 Å². The third kappa shape index (κ3) is 4.71. The Bertz CT molecular complexity index is 323. The van der Waals surface area contributed by atoms with Crippen molar-refractivity contribution in [2.75, 3.05) is 39.4 Å². The number of aromatic nitrogens is 1. The Labute approximate surface area is 107 Å². The highest BCUT2D eigenvalue weighted by atomic mass is 32.1. The molecule has 0 aromatic carbocycles. The fourth-order valence-corrected chi connectivity index (χ4v) is 2.57. The average molecular weight is 255 g/mol. The van der Waals surface area contributed by atoms with Crippen LogP contribution in [0.5, 0.6) is 0 Å². The van der Waals surface area contributed by atoms with Crippen molar-refractivity contribution in [3.05, 3.63) is 16.1 Å². The van der Waals surface area contributed by atoms with Crippen LogP contribution in [0.4, 0.5) is 0 Å². The van der Waals surface area contributed by atoms with Gasteiger partial charge in [-0.25, -0.2) is 4.98 Å². The molecule has 96 valence electrons. The lowest BCUT2D eigenvalue weighted by Crippen LogP contribution is -2.37. The van der Waals surface area contributed by atoms with Gasteiger partial charge in [0.1, 0.15) is 0 Å². The Morgan fingerprint density at radius 1 is 1.47 bits per heavy atom. The molecule has 0 bridgehead atoms. The number of aryl methyl sites for hydroxylation is 1. The van der Waals surface area contributed by atoms with E-state index in [0.29, 0.717) is 0 Å². The monoisotopic (exact) mass is 255 g/mol. The molecule has 0 atom stereocenters. The molecule has 1 aliphatic heterocycles. The predicted octanol–water partition coefficient (Wildman–Crippen LogP) is 1.26. The molecule has 0 amide bonds. The summed E-state index contributed by atoms with van der Waals surface area (Å²) in [4.78, 5) is 6.90. The van der Waals surface area contributed by atoms with Crippen molar-refractivity contribution >= 4 is 11.3 Å². The summed E-state index contributed by atoms with van der Waals surface area (Å²) in [6.45, 7) is 9.15. The van der Waals surface area contributed by atoms with Crippen LogP contribution in [0.15, 0.2) is 5.38 Å². The molecule has 1 aliphatic rings. The molecule has 1 fully saturated rings. The summed E-state index contributed by atoms with van der Waals surface area (Å²) in [5.74, 6) is 0. The summed E-state index contributed by atoms with van der Waals surface area (Å²) in [5.41, 5.74) is 1.17. The molecule has 1 N–H and O–H groups in total. The van der Waals surface area contributed by atoms with E-state index in [1.807, 2.05) is 6.92 Å². The molecule has 0 spiro atoms. The number of thiazole rings is 1. The van der Waals surface area contributed by atoms with E-state index in [1.165, 1.54) is 18.7 Å². The third-order valence-corrected chi connectivity index (χ3v) is 3.73. The zero-order chi connectivity index (χ0) is 11.9. The fourth-order valence-electron chi connectivity index (χ4n) is 1.96. The van der Waals surface area contributed by atoms with Crippen LogP contribution in [0.25, 0.3) is 0 Å². The Kier molecular flexibility index (Phi) is 5.38. The Morgan fingerprint density at radius 3 is 3.00 bits per heavy atom. The van der Waals surface area contributed by atoms with Crippen molar-refractivity contribution in [1.82, 2.24) is 15.2 Å². The number of rotatable bonds is 6. The third-order valence-electron chi connectivity index (χ3n) is 2.90. The number of nitrogens with one attached hydrogen (secondary N) is 1. The first-order valence-corrected chi connectivity index (χ1v) is 7.14. The van der Waals surface area contributed by atoms with Gasteiger partial charge in [-0.15, -0.1) is 11.3 Å². The highest BCUT2D eigenvalue weighted by Crippen LogP contribution is 2.07. The van der Waals surface area contributed by atoms with Crippen LogP contribution in [0, 0.1) is 6.92 Å². The summed E-state index contributed by atoms with van der Waals surface area (Å²) < 4.78 is 5.32. The SMILES string of the molecule is Cc1nc(CNCCCN2CCOCC2)cs1. The Balaban J connectivity index is 1.51. The van der Waals surface area contributed by atoms with Gasteiger partial charge in [0, 0.05) is 25.0 Å². The lowest BCUT2D eigenvalue weighted by atomic mass is 10.3. The maximum Gasteiger partial charge on any atom is 0.0897 e. The number of hydrogen-bond acceptors (Lipinski definition) is 5. The maximum absolute atomic E-state index is 5.32. The lowest BCUT2D eigenvalue weighted by molar-refractivity contribution is 0.0374.